The van der Waals surface area contributed by atoms with Gasteiger partial charge >= 0.3 is 5.97 Å². The maximum absolute atomic E-state index is 10.6. The number of hydrogen-bond acceptors (Lipinski definition) is 2. The highest BCUT2D eigenvalue weighted by molar-refractivity contribution is 5.67. The molecule has 0 aliphatic carbocycles. The van der Waals surface area contributed by atoms with Crippen molar-refractivity contribution in [1.82, 2.24) is 4.90 Å². The standard InChI is InChI=1S/C11H21NO2/c1-8-4-5-12(9(2)6-8)10(3)7-11(13)14/h8-10H,4-7H2,1-3H3,(H,13,14). The second kappa shape index (κ2) is 4.78. The number of hydrogen-bond donors (Lipinski definition) is 1. The number of carboxylic acid groups (broad SMARTS) is 1. The number of aliphatic carboxylic acids is 1. The Kier molecular flexibility index (Phi) is 3.93. The Balaban J connectivity index is 2.46. The number of rotatable bonds is 3. The minimum atomic E-state index is -0.691. The molecule has 0 spiro atoms. The smallest absolute Gasteiger partial charge is 0.304 e. The van der Waals surface area contributed by atoms with Crippen LogP contribution in [0, 0.1) is 5.92 Å². The van der Waals surface area contributed by atoms with E-state index in [1.807, 2.05) is 6.92 Å². The van der Waals surface area contributed by atoms with Crippen LogP contribution in [0.15, 0.2) is 0 Å². The number of carbonyl (C=O) groups is 1. The van der Waals surface area contributed by atoms with Gasteiger partial charge in [-0.25, -0.2) is 0 Å². The molecule has 1 aliphatic heterocycles. The fraction of sp³-hybridized carbons (Fsp3) is 0.909. The Morgan fingerprint density at radius 3 is 2.71 bits per heavy atom. The summed E-state index contributed by atoms with van der Waals surface area (Å²) in [6.45, 7) is 7.54. The SMILES string of the molecule is CC1CCN(C(C)CC(=O)O)C(C)C1. The van der Waals surface area contributed by atoms with E-state index in [4.69, 9.17) is 5.11 Å². The molecule has 0 aromatic heterocycles. The van der Waals surface area contributed by atoms with E-state index < -0.39 is 5.97 Å². The normalized spacial score (nSPS) is 31.4. The Bertz CT molecular complexity index is 205. The Morgan fingerprint density at radius 2 is 2.21 bits per heavy atom. The highest BCUT2D eigenvalue weighted by atomic mass is 16.4. The van der Waals surface area contributed by atoms with Crippen LogP contribution in [0.5, 0.6) is 0 Å². The molecule has 1 fully saturated rings. The van der Waals surface area contributed by atoms with E-state index in [-0.39, 0.29) is 12.5 Å². The van der Waals surface area contributed by atoms with Crippen molar-refractivity contribution in [2.75, 3.05) is 6.54 Å². The molecule has 0 aromatic carbocycles. The molecule has 0 radical (unpaired) electrons. The molecule has 1 saturated heterocycles. The summed E-state index contributed by atoms with van der Waals surface area (Å²) in [6.07, 6.45) is 2.66. The minimum Gasteiger partial charge on any atom is -0.481 e. The summed E-state index contributed by atoms with van der Waals surface area (Å²) in [7, 11) is 0. The zero-order valence-corrected chi connectivity index (χ0v) is 9.36. The molecule has 3 heteroatoms. The third kappa shape index (κ3) is 2.98. The first-order chi connectivity index (χ1) is 6.50. The van der Waals surface area contributed by atoms with Crippen molar-refractivity contribution in [1.29, 1.82) is 0 Å². The molecule has 0 bridgehead atoms. The van der Waals surface area contributed by atoms with Crippen molar-refractivity contribution in [3.63, 3.8) is 0 Å². The van der Waals surface area contributed by atoms with Gasteiger partial charge in [-0.1, -0.05) is 6.92 Å². The first-order valence-electron chi connectivity index (χ1n) is 5.48. The first-order valence-corrected chi connectivity index (χ1v) is 5.48. The van der Waals surface area contributed by atoms with Gasteiger partial charge in [0.25, 0.3) is 0 Å². The summed E-state index contributed by atoms with van der Waals surface area (Å²) in [5.41, 5.74) is 0. The average molecular weight is 199 g/mol. The van der Waals surface area contributed by atoms with Gasteiger partial charge in [0.05, 0.1) is 6.42 Å². The molecule has 82 valence electrons. The van der Waals surface area contributed by atoms with Gasteiger partial charge in [-0.2, -0.15) is 0 Å². The quantitative estimate of drug-likeness (QED) is 0.755. The van der Waals surface area contributed by atoms with Crippen molar-refractivity contribution < 1.29 is 9.90 Å². The highest BCUT2D eigenvalue weighted by Crippen LogP contribution is 2.24. The molecule has 1 aliphatic rings. The summed E-state index contributed by atoms with van der Waals surface area (Å²) in [5.74, 6) is 0.0987. The third-order valence-corrected chi connectivity index (χ3v) is 3.23. The van der Waals surface area contributed by atoms with E-state index >= 15 is 0 Å². The van der Waals surface area contributed by atoms with Crippen molar-refractivity contribution in [2.45, 2.75) is 52.1 Å². The van der Waals surface area contributed by atoms with Gasteiger partial charge in [-0.05, 0) is 39.2 Å². The average Bonchev–Trinajstić information content (AvgIpc) is 2.01. The predicted octanol–water partition coefficient (Wildman–Crippen LogP) is 1.97. The highest BCUT2D eigenvalue weighted by Gasteiger charge is 2.27. The maximum Gasteiger partial charge on any atom is 0.304 e. The van der Waals surface area contributed by atoms with Gasteiger partial charge in [-0.3, -0.25) is 9.69 Å². The molecule has 14 heavy (non-hydrogen) atoms. The van der Waals surface area contributed by atoms with Crippen LogP contribution < -0.4 is 0 Å². The monoisotopic (exact) mass is 199 g/mol. The minimum absolute atomic E-state index is 0.176. The first kappa shape index (κ1) is 11.5. The van der Waals surface area contributed by atoms with Crippen LogP contribution in [0.25, 0.3) is 0 Å². The molecule has 0 saturated carbocycles. The van der Waals surface area contributed by atoms with Gasteiger partial charge < -0.3 is 5.11 Å². The van der Waals surface area contributed by atoms with Crippen LogP contribution in [0.2, 0.25) is 0 Å². The van der Waals surface area contributed by atoms with E-state index in [0.29, 0.717) is 6.04 Å². The lowest BCUT2D eigenvalue weighted by molar-refractivity contribution is -0.138. The Labute approximate surface area is 86.1 Å². The topological polar surface area (TPSA) is 40.5 Å². The van der Waals surface area contributed by atoms with Crippen LogP contribution in [0.4, 0.5) is 0 Å². The van der Waals surface area contributed by atoms with E-state index in [0.717, 1.165) is 12.5 Å². The van der Waals surface area contributed by atoms with Crippen LogP contribution in [-0.4, -0.2) is 34.6 Å². The predicted molar refractivity (Wildman–Crippen MR) is 56.3 cm³/mol. The molecule has 0 aromatic rings. The number of nitrogens with zero attached hydrogens (tertiary/aromatic N) is 1. The lowest BCUT2D eigenvalue weighted by Gasteiger charge is -2.40. The van der Waals surface area contributed by atoms with Crippen molar-refractivity contribution >= 4 is 5.97 Å². The van der Waals surface area contributed by atoms with Crippen molar-refractivity contribution in [2.24, 2.45) is 5.92 Å². The van der Waals surface area contributed by atoms with Gasteiger partial charge in [0.15, 0.2) is 0 Å². The zero-order chi connectivity index (χ0) is 10.7. The molecule has 3 nitrogen and oxygen atoms in total. The summed E-state index contributed by atoms with van der Waals surface area (Å²) in [6, 6.07) is 0.711. The van der Waals surface area contributed by atoms with E-state index in [2.05, 4.69) is 18.7 Å². The molecule has 1 N–H and O–H groups in total. The summed E-state index contributed by atoms with van der Waals surface area (Å²) >= 11 is 0. The zero-order valence-electron chi connectivity index (χ0n) is 9.36. The molecule has 1 rings (SSSR count). The molecule has 0 amide bonds. The Morgan fingerprint density at radius 1 is 1.57 bits per heavy atom. The fourth-order valence-corrected chi connectivity index (χ4v) is 2.45. The van der Waals surface area contributed by atoms with Gasteiger partial charge in [-0.15, -0.1) is 0 Å². The number of piperidine rings is 1. The van der Waals surface area contributed by atoms with E-state index in [1.165, 1.54) is 12.8 Å². The number of likely N-dealkylation sites (tertiary alicyclic amines) is 1. The van der Waals surface area contributed by atoms with Crippen LogP contribution in [0.3, 0.4) is 0 Å². The fourth-order valence-electron chi connectivity index (χ4n) is 2.45. The lowest BCUT2D eigenvalue weighted by atomic mass is 9.92. The molecule has 3 unspecified atom stereocenters. The van der Waals surface area contributed by atoms with E-state index in [9.17, 15) is 4.79 Å². The van der Waals surface area contributed by atoms with Crippen molar-refractivity contribution in [3.05, 3.63) is 0 Å². The van der Waals surface area contributed by atoms with Crippen LogP contribution in [0.1, 0.15) is 40.0 Å². The van der Waals surface area contributed by atoms with Crippen LogP contribution >= 0.6 is 0 Å². The van der Waals surface area contributed by atoms with Gasteiger partial charge in [0, 0.05) is 12.1 Å². The maximum atomic E-state index is 10.6. The summed E-state index contributed by atoms with van der Waals surface area (Å²) < 4.78 is 0. The molecule has 1 heterocycles. The van der Waals surface area contributed by atoms with Crippen molar-refractivity contribution in [3.8, 4) is 0 Å². The Hall–Kier alpha value is -0.570. The van der Waals surface area contributed by atoms with E-state index in [1.54, 1.807) is 0 Å². The second-order valence-corrected chi connectivity index (χ2v) is 4.66. The van der Waals surface area contributed by atoms with Gasteiger partial charge in [0.1, 0.15) is 0 Å². The number of carboxylic acids is 1. The van der Waals surface area contributed by atoms with Gasteiger partial charge in [0.2, 0.25) is 0 Å². The summed E-state index contributed by atoms with van der Waals surface area (Å²) in [4.78, 5) is 12.9. The molecular formula is C11H21NO2. The largest absolute Gasteiger partial charge is 0.481 e. The molecular weight excluding hydrogens is 178 g/mol. The lowest BCUT2D eigenvalue weighted by Crippen LogP contribution is -2.46. The second-order valence-electron chi connectivity index (χ2n) is 4.66. The van der Waals surface area contributed by atoms with Crippen LogP contribution in [-0.2, 0) is 4.79 Å². The third-order valence-electron chi connectivity index (χ3n) is 3.23. The summed E-state index contributed by atoms with van der Waals surface area (Å²) in [5, 5.41) is 8.73. The molecule has 3 atom stereocenters.